The van der Waals surface area contributed by atoms with Crippen molar-refractivity contribution >= 4 is 0 Å². The van der Waals surface area contributed by atoms with Crippen LogP contribution in [0.3, 0.4) is 0 Å². The summed E-state index contributed by atoms with van der Waals surface area (Å²) >= 11 is 0. The third-order valence-electron chi connectivity index (χ3n) is 2.46. The van der Waals surface area contributed by atoms with Crippen LogP contribution in [0.4, 0.5) is 0 Å². The molecular formula is C11H22O. The first-order valence-electron chi connectivity index (χ1n) is 4.62. The molecule has 72 valence electrons. The van der Waals surface area contributed by atoms with Gasteiger partial charge in [0.15, 0.2) is 0 Å². The van der Waals surface area contributed by atoms with Crippen molar-refractivity contribution in [3.8, 4) is 0 Å². The minimum atomic E-state index is -0.248. The Kier molecular flexibility index (Phi) is 3.98. The first-order chi connectivity index (χ1) is 5.25. The Balaban J connectivity index is 4.36. The Labute approximate surface area is 76.5 Å². The molecule has 0 radical (unpaired) electrons. The van der Waals surface area contributed by atoms with Crippen molar-refractivity contribution in [3.05, 3.63) is 11.6 Å². The van der Waals surface area contributed by atoms with Gasteiger partial charge in [-0.15, -0.1) is 0 Å². The fourth-order valence-electron chi connectivity index (χ4n) is 0.784. The van der Waals surface area contributed by atoms with E-state index in [9.17, 15) is 5.11 Å². The second-order valence-corrected chi connectivity index (χ2v) is 4.70. The summed E-state index contributed by atoms with van der Waals surface area (Å²) in [6.07, 6.45) is 1.91. The smallest absolute Gasteiger partial charge is 0.0572 e. The van der Waals surface area contributed by atoms with Crippen LogP contribution in [0.25, 0.3) is 0 Å². The van der Waals surface area contributed by atoms with Gasteiger partial charge in [-0.3, -0.25) is 0 Å². The molecule has 0 aliphatic heterocycles. The molecule has 0 amide bonds. The summed E-state index contributed by atoms with van der Waals surface area (Å²) in [5, 5.41) is 9.29. The van der Waals surface area contributed by atoms with E-state index >= 15 is 0 Å². The Bertz CT molecular complexity index is 160. The van der Waals surface area contributed by atoms with Gasteiger partial charge in [-0.05, 0) is 25.2 Å². The maximum atomic E-state index is 9.29. The molecular weight excluding hydrogens is 148 g/mol. The van der Waals surface area contributed by atoms with Crippen molar-refractivity contribution < 1.29 is 5.11 Å². The lowest BCUT2D eigenvalue weighted by atomic mass is 9.85. The van der Waals surface area contributed by atoms with E-state index in [0.717, 1.165) is 0 Å². The molecule has 0 aliphatic carbocycles. The van der Waals surface area contributed by atoms with Gasteiger partial charge in [-0.1, -0.05) is 39.3 Å². The number of hydrogen-bond acceptors (Lipinski definition) is 1. The van der Waals surface area contributed by atoms with Crippen LogP contribution in [-0.4, -0.2) is 11.2 Å². The van der Waals surface area contributed by atoms with Crippen LogP contribution in [0.15, 0.2) is 11.6 Å². The van der Waals surface area contributed by atoms with Crippen LogP contribution in [0.2, 0.25) is 0 Å². The molecule has 2 atom stereocenters. The quantitative estimate of drug-likeness (QED) is 0.632. The van der Waals surface area contributed by atoms with Gasteiger partial charge in [0.25, 0.3) is 0 Å². The molecule has 1 nitrogen and oxygen atoms in total. The summed E-state index contributed by atoms with van der Waals surface area (Å²) in [4.78, 5) is 0. The van der Waals surface area contributed by atoms with Gasteiger partial charge < -0.3 is 5.11 Å². The fourth-order valence-corrected chi connectivity index (χ4v) is 0.784. The van der Waals surface area contributed by atoms with Crippen LogP contribution in [0.5, 0.6) is 0 Å². The van der Waals surface area contributed by atoms with E-state index in [-0.39, 0.29) is 17.4 Å². The predicted molar refractivity (Wildman–Crippen MR) is 54.1 cm³/mol. The molecule has 0 bridgehead atoms. The zero-order chi connectivity index (χ0) is 9.94. The molecule has 1 N–H and O–H groups in total. The summed E-state index contributed by atoms with van der Waals surface area (Å²) in [6.45, 7) is 12.6. The van der Waals surface area contributed by atoms with Gasteiger partial charge >= 0.3 is 0 Å². The summed E-state index contributed by atoms with van der Waals surface area (Å²) < 4.78 is 0. The first-order valence-corrected chi connectivity index (χ1v) is 4.62. The summed E-state index contributed by atoms with van der Waals surface area (Å²) in [5.41, 5.74) is 1.57. The van der Waals surface area contributed by atoms with Gasteiger partial charge in [0.2, 0.25) is 0 Å². The highest BCUT2D eigenvalue weighted by molar-refractivity contribution is 5.09. The third-order valence-corrected chi connectivity index (χ3v) is 2.46. The zero-order valence-electron chi connectivity index (χ0n) is 9.18. The van der Waals surface area contributed by atoms with Gasteiger partial charge in [0.05, 0.1) is 6.10 Å². The van der Waals surface area contributed by atoms with E-state index in [2.05, 4.69) is 33.8 Å². The lowest BCUT2D eigenvalue weighted by molar-refractivity contribution is 0.156. The topological polar surface area (TPSA) is 20.2 Å². The Hall–Kier alpha value is -0.300. The molecule has 0 saturated heterocycles. The minimum Gasteiger partial charge on any atom is -0.393 e. The summed E-state index contributed by atoms with van der Waals surface area (Å²) in [5.74, 6) is 0.254. The molecule has 2 unspecified atom stereocenters. The highest BCUT2D eigenvalue weighted by atomic mass is 16.3. The Morgan fingerprint density at radius 3 is 1.92 bits per heavy atom. The molecule has 12 heavy (non-hydrogen) atoms. The third kappa shape index (κ3) is 3.91. The van der Waals surface area contributed by atoms with Crippen LogP contribution in [0, 0.1) is 11.3 Å². The standard InChI is InChI=1S/C11H22O/c1-8(10(3)12)7-9(2)11(4,5)6/h7-8,10,12H,1-6H3/b9-7+. The van der Waals surface area contributed by atoms with Gasteiger partial charge in [-0.2, -0.15) is 0 Å². The Morgan fingerprint density at radius 1 is 1.25 bits per heavy atom. The number of hydrogen-bond donors (Lipinski definition) is 1. The second kappa shape index (κ2) is 4.08. The minimum absolute atomic E-state index is 0.225. The van der Waals surface area contributed by atoms with Crippen molar-refractivity contribution in [2.45, 2.75) is 47.6 Å². The molecule has 0 aromatic rings. The number of aliphatic hydroxyl groups is 1. The largest absolute Gasteiger partial charge is 0.393 e. The molecule has 1 heteroatoms. The Morgan fingerprint density at radius 2 is 1.67 bits per heavy atom. The second-order valence-electron chi connectivity index (χ2n) is 4.70. The van der Waals surface area contributed by atoms with Crippen LogP contribution >= 0.6 is 0 Å². The average Bonchev–Trinajstić information content (AvgIpc) is 1.85. The van der Waals surface area contributed by atoms with Crippen LogP contribution < -0.4 is 0 Å². The molecule has 0 rings (SSSR count). The van der Waals surface area contributed by atoms with E-state index in [4.69, 9.17) is 0 Å². The normalized spacial score (nSPS) is 19.1. The molecule has 0 aromatic heterocycles. The summed E-state index contributed by atoms with van der Waals surface area (Å²) in [7, 11) is 0. The maximum Gasteiger partial charge on any atom is 0.0572 e. The molecule has 0 heterocycles. The zero-order valence-corrected chi connectivity index (χ0v) is 9.18. The van der Waals surface area contributed by atoms with Crippen molar-refractivity contribution in [2.75, 3.05) is 0 Å². The molecule has 0 aromatic carbocycles. The van der Waals surface area contributed by atoms with Gasteiger partial charge in [0.1, 0.15) is 0 Å². The average molecular weight is 170 g/mol. The lowest BCUT2D eigenvalue weighted by Gasteiger charge is -2.22. The summed E-state index contributed by atoms with van der Waals surface area (Å²) in [6, 6.07) is 0. The lowest BCUT2D eigenvalue weighted by Crippen LogP contribution is -2.14. The molecule has 0 spiro atoms. The fraction of sp³-hybridized carbons (Fsp3) is 0.818. The van der Waals surface area contributed by atoms with Crippen molar-refractivity contribution in [2.24, 2.45) is 11.3 Å². The SMILES string of the molecule is C/C(=C\C(C)C(C)O)C(C)(C)C. The van der Waals surface area contributed by atoms with E-state index < -0.39 is 0 Å². The van der Waals surface area contributed by atoms with E-state index in [1.54, 1.807) is 0 Å². The highest BCUT2D eigenvalue weighted by Gasteiger charge is 2.14. The van der Waals surface area contributed by atoms with Crippen LogP contribution in [-0.2, 0) is 0 Å². The van der Waals surface area contributed by atoms with Crippen LogP contribution in [0.1, 0.15) is 41.5 Å². The van der Waals surface area contributed by atoms with Gasteiger partial charge in [-0.25, -0.2) is 0 Å². The monoisotopic (exact) mass is 170 g/mol. The highest BCUT2D eigenvalue weighted by Crippen LogP contribution is 2.26. The van der Waals surface area contributed by atoms with Crippen molar-refractivity contribution in [1.82, 2.24) is 0 Å². The van der Waals surface area contributed by atoms with E-state index in [0.29, 0.717) is 0 Å². The van der Waals surface area contributed by atoms with Crippen molar-refractivity contribution in [1.29, 1.82) is 0 Å². The predicted octanol–water partition coefficient (Wildman–Crippen LogP) is 3.00. The number of rotatable bonds is 2. The molecule has 0 saturated carbocycles. The van der Waals surface area contributed by atoms with Gasteiger partial charge in [0, 0.05) is 0 Å². The molecule has 0 fully saturated rings. The van der Waals surface area contributed by atoms with Crippen molar-refractivity contribution in [3.63, 3.8) is 0 Å². The number of aliphatic hydroxyl groups excluding tert-OH is 1. The number of allylic oxidation sites excluding steroid dienone is 1. The first kappa shape index (κ1) is 11.7. The maximum absolute atomic E-state index is 9.29. The van der Waals surface area contributed by atoms with E-state index in [1.165, 1.54) is 5.57 Å². The molecule has 0 aliphatic rings. The van der Waals surface area contributed by atoms with E-state index in [1.807, 2.05) is 13.8 Å².